The van der Waals surface area contributed by atoms with Crippen LogP contribution < -0.4 is 5.32 Å². The van der Waals surface area contributed by atoms with E-state index in [1.54, 1.807) is 13.0 Å². The summed E-state index contributed by atoms with van der Waals surface area (Å²) in [7, 11) is 0. The molecule has 0 radical (unpaired) electrons. The number of aromatic nitrogens is 2. The third-order valence-corrected chi connectivity index (χ3v) is 4.08. The number of nitrogens with zero attached hydrogens (tertiary/aromatic N) is 2. The number of hydrogen-bond donors (Lipinski definition) is 1. The quantitative estimate of drug-likeness (QED) is 0.939. The van der Waals surface area contributed by atoms with E-state index in [9.17, 15) is 4.79 Å². The van der Waals surface area contributed by atoms with E-state index in [-0.39, 0.29) is 5.91 Å². The second-order valence-electron chi connectivity index (χ2n) is 5.67. The van der Waals surface area contributed by atoms with Crippen molar-refractivity contribution in [3.05, 3.63) is 35.4 Å². The third kappa shape index (κ3) is 2.57. The number of nitrogens with one attached hydrogen (secondary N) is 1. The van der Waals surface area contributed by atoms with Crippen molar-refractivity contribution >= 4 is 5.91 Å². The summed E-state index contributed by atoms with van der Waals surface area (Å²) in [4.78, 5) is 16.8. The molecule has 0 aromatic carbocycles. The topological polar surface area (TPSA) is 81.2 Å². The Labute approximate surface area is 122 Å². The lowest BCUT2D eigenvalue weighted by atomic mass is 9.81. The van der Waals surface area contributed by atoms with Gasteiger partial charge in [0, 0.05) is 12.5 Å². The predicted molar refractivity (Wildman–Crippen MR) is 74.7 cm³/mol. The van der Waals surface area contributed by atoms with Gasteiger partial charge in [-0.2, -0.15) is 4.98 Å². The van der Waals surface area contributed by atoms with Crippen molar-refractivity contribution in [1.29, 1.82) is 0 Å². The van der Waals surface area contributed by atoms with Crippen LogP contribution in [-0.2, 0) is 5.54 Å². The van der Waals surface area contributed by atoms with Gasteiger partial charge in [0.25, 0.3) is 5.91 Å². The van der Waals surface area contributed by atoms with E-state index in [4.69, 9.17) is 8.94 Å². The molecule has 0 unspecified atom stereocenters. The van der Waals surface area contributed by atoms with E-state index in [1.807, 2.05) is 6.92 Å². The number of carbonyl (C=O) groups excluding carboxylic acids is 1. The minimum atomic E-state index is -0.549. The van der Waals surface area contributed by atoms with Gasteiger partial charge in [0.2, 0.25) is 5.89 Å². The van der Waals surface area contributed by atoms with E-state index >= 15 is 0 Å². The Morgan fingerprint density at radius 3 is 2.62 bits per heavy atom. The molecule has 1 saturated carbocycles. The van der Waals surface area contributed by atoms with Crippen molar-refractivity contribution in [1.82, 2.24) is 15.5 Å². The van der Waals surface area contributed by atoms with E-state index in [1.165, 1.54) is 6.26 Å². The zero-order chi connectivity index (χ0) is 14.9. The van der Waals surface area contributed by atoms with Crippen LogP contribution in [0.3, 0.4) is 0 Å². The summed E-state index contributed by atoms with van der Waals surface area (Å²) in [6.45, 7) is 3.61. The molecule has 0 bridgehead atoms. The maximum atomic E-state index is 12.5. The van der Waals surface area contributed by atoms with Crippen molar-refractivity contribution in [2.45, 2.75) is 51.5 Å². The number of carbonyl (C=O) groups is 1. The molecule has 1 fully saturated rings. The highest BCUT2D eigenvalue weighted by Gasteiger charge is 2.40. The van der Waals surface area contributed by atoms with Crippen LogP contribution in [0.15, 0.2) is 21.3 Å². The van der Waals surface area contributed by atoms with Crippen LogP contribution in [0.2, 0.25) is 0 Å². The van der Waals surface area contributed by atoms with Crippen molar-refractivity contribution in [3.63, 3.8) is 0 Å². The largest absolute Gasteiger partial charge is 0.459 e. The molecule has 1 aliphatic rings. The Morgan fingerprint density at radius 1 is 1.29 bits per heavy atom. The number of amides is 1. The fourth-order valence-corrected chi connectivity index (χ4v) is 2.93. The first kappa shape index (κ1) is 13.9. The van der Waals surface area contributed by atoms with Gasteiger partial charge < -0.3 is 14.3 Å². The molecule has 0 spiro atoms. The molecule has 0 atom stereocenters. The first-order chi connectivity index (χ1) is 10.1. The third-order valence-electron chi connectivity index (χ3n) is 4.08. The molecule has 1 N–H and O–H groups in total. The van der Waals surface area contributed by atoms with Crippen LogP contribution in [0, 0.1) is 13.8 Å². The number of aryl methyl sites for hydroxylation is 2. The lowest BCUT2D eigenvalue weighted by molar-refractivity contribution is 0.0825. The molecular weight excluding hydrogens is 270 g/mol. The molecular formula is C15H19N3O3. The number of rotatable bonds is 3. The zero-order valence-electron chi connectivity index (χ0n) is 12.3. The summed E-state index contributed by atoms with van der Waals surface area (Å²) in [6, 6.07) is 1.78. The van der Waals surface area contributed by atoms with Crippen molar-refractivity contribution in [3.8, 4) is 0 Å². The fourth-order valence-electron chi connectivity index (χ4n) is 2.93. The molecule has 6 heteroatoms. The average molecular weight is 289 g/mol. The highest BCUT2D eigenvalue weighted by Crippen LogP contribution is 2.36. The Hall–Kier alpha value is -2.11. The zero-order valence-corrected chi connectivity index (χ0v) is 12.3. The molecule has 1 amide bonds. The maximum absolute atomic E-state index is 12.5. The standard InChI is InChI=1S/C15H19N3O3/c1-10-6-9-20-12(10)13(19)17-15(7-4-3-5-8-15)14-16-11(2)21-18-14/h6,9H,3-5,7-8H2,1-2H3,(H,17,19). The summed E-state index contributed by atoms with van der Waals surface area (Å²) >= 11 is 0. The predicted octanol–water partition coefficient (Wildman–Crippen LogP) is 2.87. The first-order valence-electron chi connectivity index (χ1n) is 7.28. The molecule has 0 saturated heterocycles. The van der Waals surface area contributed by atoms with Gasteiger partial charge in [0.05, 0.1) is 6.26 Å². The highest BCUT2D eigenvalue weighted by molar-refractivity contribution is 5.93. The molecule has 3 rings (SSSR count). The molecule has 2 aromatic rings. The van der Waals surface area contributed by atoms with Crippen LogP contribution in [0.4, 0.5) is 0 Å². The number of furan rings is 1. The van der Waals surface area contributed by atoms with E-state index in [2.05, 4.69) is 15.5 Å². The summed E-state index contributed by atoms with van der Waals surface area (Å²) in [5, 5.41) is 7.12. The highest BCUT2D eigenvalue weighted by atomic mass is 16.5. The van der Waals surface area contributed by atoms with Crippen LogP contribution in [0.1, 0.15) is 59.9 Å². The SMILES string of the molecule is Cc1nc(C2(NC(=O)c3occc3C)CCCCC2)no1. The van der Waals surface area contributed by atoms with Crippen LogP contribution in [0.25, 0.3) is 0 Å². The first-order valence-corrected chi connectivity index (χ1v) is 7.28. The normalized spacial score (nSPS) is 17.6. The molecule has 6 nitrogen and oxygen atoms in total. The van der Waals surface area contributed by atoms with Crippen molar-refractivity contribution in [2.75, 3.05) is 0 Å². The molecule has 112 valence electrons. The van der Waals surface area contributed by atoms with Gasteiger partial charge in [0.15, 0.2) is 11.6 Å². The summed E-state index contributed by atoms with van der Waals surface area (Å²) < 4.78 is 10.4. The Bertz CT molecular complexity index is 638. The maximum Gasteiger partial charge on any atom is 0.288 e. The summed E-state index contributed by atoms with van der Waals surface area (Å²) in [6.07, 6.45) is 6.38. The Kier molecular flexibility index (Phi) is 3.53. The average Bonchev–Trinajstić information content (AvgIpc) is 3.08. The number of hydrogen-bond acceptors (Lipinski definition) is 5. The van der Waals surface area contributed by atoms with Gasteiger partial charge in [0.1, 0.15) is 5.54 Å². The van der Waals surface area contributed by atoms with Crippen LogP contribution >= 0.6 is 0 Å². The van der Waals surface area contributed by atoms with Gasteiger partial charge in [-0.1, -0.05) is 24.4 Å². The van der Waals surface area contributed by atoms with Gasteiger partial charge in [-0.15, -0.1) is 0 Å². The second-order valence-corrected chi connectivity index (χ2v) is 5.67. The summed E-state index contributed by atoms with van der Waals surface area (Å²) in [5.74, 6) is 1.21. The smallest absolute Gasteiger partial charge is 0.288 e. The van der Waals surface area contributed by atoms with Crippen LogP contribution in [-0.4, -0.2) is 16.0 Å². The van der Waals surface area contributed by atoms with Gasteiger partial charge in [-0.05, 0) is 25.8 Å². The monoisotopic (exact) mass is 289 g/mol. The second kappa shape index (κ2) is 5.35. The fraction of sp³-hybridized carbons (Fsp3) is 0.533. The lowest BCUT2D eigenvalue weighted by Crippen LogP contribution is -2.48. The molecule has 0 aliphatic heterocycles. The van der Waals surface area contributed by atoms with E-state index in [0.717, 1.165) is 37.7 Å². The van der Waals surface area contributed by atoms with Gasteiger partial charge in [-0.25, -0.2) is 0 Å². The Balaban J connectivity index is 1.90. The van der Waals surface area contributed by atoms with Crippen LogP contribution in [0.5, 0.6) is 0 Å². The molecule has 21 heavy (non-hydrogen) atoms. The van der Waals surface area contributed by atoms with E-state index in [0.29, 0.717) is 17.5 Å². The summed E-state index contributed by atoms with van der Waals surface area (Å²) in [5.41, 5.74) is 0.273. The minimum absolute atomic E-state index is 0.221. The molecule has 2 heterocycles. The lowest BCUT2D eigenvalue weighted by Gasteiger charge is -2.35. The molecule has 2 aromatic heterocycles. The van der Waals surface area contributed by atoms with Crippen molar-refractivity contribution in [2.24, 2.45) is 0 Å². The molecule has 1 aliphatic carbocycles. The van der Waals surface area contributed by atoms with Gasteiger partial charge in [-0.3, -0.25) is 4.79 Å². The van der Waals surface area contributed by atoms with Gasteiger partial charge >= 0.3 is 0 Å². The van der Waals surface area contributed by atoms with Crippen molar-refractivity contribution < 1.29 is 13.7 Å². The minimum Gasteiger partial charge on any atom is -0.459 e. The Morgan fingerprint density at radius 2 is 2.05 bits per heavy atom. The van der Waals surface area contributed by atoms with E-state index < -0.39 is 5.54 Å².